The predicted octanol–water partition coefficient (Wildman–Crippen LogP) is 2.65. The van der Waals surface area contributed by atoms with Crippen LogP contribution in [-0.4, -0.2) is 36.0 Å². The molecule has 1 aromatic carbocycles. The van der Waals surface area contributed by atoms with Gasteiger partial charge in [0.15, 0.2) is 0 Å². The van der Waals surface area contributed by atoms with Gasteiger partial charge in [-0.1, -0.05) is 0 Å². The van der Waals surface area contributed by atoms with E-state index in [1.807, 2.05) is 12.3 Å². The van der Waals surface area contributed by atoms with E-state index in [-0.39, 0.29) is 0 Å². The smallest absolute Gasteiger partial charge is 0.119 e. The van der Waals surface area contributed by atoms with E-state index in [1.54, 1.807) is 7.11 Å². The van der Waals surface area contributed by atoms with Crippen LogP contribution in [0.15, 0.2) is 35.1 Å². The lowest BCUT2D eigenvalue weighted by Crippen LogP contribution is -2.14. The minimum Gasteiger partial charge on any atom is -0.497 e. The molecule has 4 rings (SSSR count). The molecular formula is C16H17N3O. The van der Waals surface area contributed by atoms with Gasteiger partial charge in [0.2, 0.25) is 0 Å². The lowest BCUT2D eigenvalue weighted by atomic mass is 10.0. The Morgan fingerprint density at radius 1 is 1.30 bits per heavy atom. The number of methoxy groups -OCH3 is 1. The summed E-state index contributed by atoms with van der Waals surface area (Å²) in [6.07, 6.45) is 5.33. The molecule has 0 unspecified atom stereocenters. The summed E-state index contributed by atoms with van der Waals surface area (Å²) in [6, 6.07) is 6.27. The fraction of sp³-hybridized carbons (Fsp3) is 0.312. The number of hydrogen-bond acceptors (Lipinski definition) is 3. The average Bonchev–Trinajstić information content (AvgIpc) is 3.13. The number of fused-ring (bicyclic) bond motifs is 2. The molecule has 0 atom stereocenters. The Bertz CT molecular complexity index is 754. The number of allylic oxidation sites excluding steroid dienone is 1. The SMILES string of the molecule is COc1ccc2c(c1)c(C1=C3C=NCN3CC1)cn2C. The van der Waals surface area contributed by atoms with Crippen molar-refractivity contribution in [1.82, 2.24) is 9.47 Å². The molecule has 0 saturated heterocycles. The zero-order valence-corrected chi connectivity index (χ0v) is 11.8. The van der Waals surface area contributed by atoms with Crippen molar-refractivity contribution in [3.8, 4) is 5.75 Å². The van der Waals surface area contributed by atoms with E-state index in [0.717, 1.165) is 25.4 Å². The topological polar surface area (TPSA) is 29.8 Å². The fourth-order valence-electron chi connectivity index (χ4n) is 3.23. The van der Waals surface area contributed by atoms with Gasteiger partial charge in [-0.15, -0.1) is 0 Å². The van der Waals surface area contributed by atoms with Crippen molar-refractivity contribution >= 4 is 22.7 Å². The molecule has 4 heteroatoms. The third-order valence-electron chi connectivity index (χ3n) is 4.27. The summed E-state index contributed by atoms with van der Waals surface area (Å²) in [6.45, 7) is 1.89. The van der Waals surface area contributed by atoms with E-state index in [4.69, 9.17) is 4.74 Å². The van der Waals surface area contributed by atoms with Crippen LogP contribution in [0.5, 0.6) is 5.75 Å². The monoisotopic (exact) mass is 267 g/mol. The molecule has 2 aromatic rings. The van der Waals surface area contributed by atoms with Crippen LogP contribution in [-0.2, 0) is 7.05 Å². The van der Waals surface area contributed by atoms with Gasteiger partial charge < -0.3 is 14.2 Å². The average molecular weight is 267 g/mol. The lowest BCUT2D eigenvalue weighted by molar-refractivity contribution is 0.415. The molecule has 20 heavy (non-hydrogen) atoms. The van der Waals surface area contributed by atoms with Crippen molar-refractivity contribution < 1.29 is 4.74 Å². The Kier molecular flexibility index (Phi) is 2.39. The number of ether oxygens (including phenoxy) is 1. The van der Waals surface area contributed by atoms with Crippen LogP contribution in [0.4, 0.5) is 0 Å². The second kappa shape index (κ2) is 4.13. The molecule has 2 aliphatic rings. The standard InChI is InChI=1S/C16H17N3O/c1-18-9-14(12-5-6-19-10-17-8-16(12)19)13-7-11(20-2)3-4-15(13)18/h3-4,7-9H,5-6,10H2,1-2H3. The molecule has 3 heterocycles. The predicted molar refractivity (Wildman–Crippen MR) is 81.1 cm³/mol. The minimum absolute atomic E-state index is 0.812. The number of rotatable bonds is 2. The maximum Gasteiger partial charge on any atom is 0.119 e. The summed E-state index contributed by atoms with van der Waals surface area (Å²) in [5.74, 6) is 0.908. The summed E-state index contributed by atoms with van der Waals surface area (Å²) in [5.41, 5.74) is 5.25. The molecule has 0 aliphatic carbocycles. The van der Waals surface area contributed by atoms with Crippen LogP contribution in [0.3, 0.4) is 0 Å². The van der Waals surface area contributed by atoms with Crippen molar-refractivity contribution in [2.24, 2.45) is 12.0 Å². The van der Waals surface area contributed by atoms with Crippen molar-refractivity contribution in [2.75, 3.05) is 20.3 Å². The van der Waals surface area contributed by atoms with Crippen molar-refractivity contribution in [3.63, 3.8) is 0 Å². The van der Waals surface area contributed by atoms with Crippen molar-refractivity contribution in [3.05, 3.63) is 35.7 Å². The number of hydrogen-bond donors (Lipinski definition) is 0. The molecule has 2 aliphatic heterocycles. The molecule has 0 amide bonds. The maximum absolute atomic E-state index is 5.37. The first-order valence-corrected chi connectivity index (χ1v) is 6.89. The van der Waals surface area contributed by atoms with Crippen LogP contribution in [0.25, 0.3) is 16.5 Å². The van der Waals surface area contributed by atoms with Crippen LogP contribution in [0.2, 0.25) is 0 Å². The first kappa shape index (κ1) is 11.6. The highest BCUT2D eigenvalue weighted by Crippen LogP contribution is 2.37. The molecule has 102 valence electrons. The van der Waals surface area contributed by atoms with Gasteiger partial charge in [-0.05, 0) is 30.2 Å². The van der Waals surface area contributed by atoms with E-state index < -0.39 is 0 Å². The van der Waals surface area contributed by atoms with Gasteiger partial charge in [-0.2, -0.15) is 0 Å². The van der Waals surface area contributed by atoms with E-state index >= 15 is 0 Å². The highest BCUT2D eigenvalue weighted by atomic mass is 16.5. The zero-order chi connectivity index (χ0) is 13.7. The molecule has 4 nitrogen and oxygen atoms in total. The highest BCUT2D eigenvalue weighted by Gasteiger charge is 2.26. The summed E-state index contributed by atoms with van der Waals surface area (Å²) in [7, 11) is 3.81. The Morgan fingerprint density at radius 3 is 3.05 bits per heavy atom. The van der Waals surface area contributed by atoms with Crippen molar-refractivity contribution in [1.29, 1.82) is 0 Å². The minimum atomic E-state index is 0.812. The molecule has 1 aromatic heterocycles. The third kappa shape index (κ3) is 1.51. The second-order valence-corrected chi connectivity index (χ2v) is 5.37. The summed E-state index contributed by atoms with van der Waals surface area (Å²) >= 11 is 0. The Labute approximate surface area is 118 Å². The van der Waals surface area contributed by atoms with E-state index in [2.05, 4.69) is 39.8 Å². The zero-order valence-electron chi connectivity index (χ0n) is 11.8. The lowest BCUT2D eigenvalue weighted by Gasteiger charge is -2.09. The molecule has 0 fully saturated rings. The highest BCUT2D eigenvalue weighted by molar-refractivity contribution is 6.01. The normalized spacial score (nSPS) is 17.4. The largest absolute Gasteiger partial charge is 0.497 e. The van der Waals surface area contributed by atoms with E-state index in [1.165, 1.54) is 27.7 Å². The molecule has 0 saturated carbocycles. The van der Waals surface area contributed by atoms with Gasteiger partial charge in [0, 0.05) is 42.5 Å². The van der Waals surface area contributed by atoms with Gasteiger partial charge in [-0.25, -0.2) is 0 Å². The molecule has 0 spiro atoms. The van der Waals surface area contributed by atoms with Crippen LogP contribution < -0.4 is 4.74 Å². The van der Waals surface area contributed by atoms with Crippen LogP contribution in [0, 0.1) is 0 Å². The van der Waals surface area contributed by atoms with Crippen molar-refractivity contribution in [2.45, 2.75) is 6.42 Å². The number of nitrogens with zero attached hydrogens (tertiary/aromatic N) is 3. The number of aryl methyl sites for hydroxylation is 1. The summed E-state index contributed by atoms with van der Waals surface area (Å²) < 4.78 is 7.56. The molecular weight excluding hydrogens is 250 g/mol. The number of aromatic nitrogens is 1. The Morgan fingerprint density at radius 2 is 2.20 bits per heavy atom. The first-order valence-electron chi connectivity index (χ1n) is 6.89. The van der Waals surface area contributed by atoms with E-state index in [9.17, 15) is 0 Å². The van der Waals surface area contributed by atoms with Gasteiger partial charge >= 0.3 is 0 Å². The van der Waals surface area contributed by atoms with E-state index in [0.29, 0.717) is 0 Å². The quantitative estimate of drug-likeness (QED) is 0.837. The van der Waals surface area contributed by atoms with Crippen LogP contribution >= 0.6 is 0 Å². The molecule has 0 radical (unpaired) electrons. The first-order chi connectivity index (χ1) is 9.78. The Hall–Kier alpha value is -2.23. The van der Waals surface area contributed by atoms with Gasteiger partial charge in [0.1, 0.15) is 12.4 Å². The third-order valence-corrected chi connectivity index (χ3v) is 4.27. The van der Waals surface area contributed by atoms with Gasteiger partial charge in [-0.3, -0.25) is 4.99 Å². The van der Waals surface area contributed by atoms with Crippen LogP contribution in [0.1, 0.15) is 12.0 Å². The number of benzene rings is 1. The fourth-order valence-corrected chi connectivity index (χ4v) is 3.23. The second-order valence-electron chi connectivity index (χ2n) is 5.37. The Balaban J connectivity index is 1.96. The number of aliphatic imine (C=N–C) groups is 1. The molecule has 0 bridgehead atoms. The summed E-state index contributed by atoms with van der Waals surface area (Å²) in [4.78, 5) is 6.72. The van der Waals surface area contributed by atoms with Gasteiger partial charge in [0.25, 0.3) is 0 Å². The van der Waals surface area contributed by atoms with Gasteiger partial charge in [0.05, 0.1) is 12.8 Å². The summed E-state index contributed by atoms with van der Waals surface area (Å²) in [5, 5.41) is 1.26. The molecule has 0 N–H and O–H groups in total. The maximum atomic E-state index is 5.37.